The number of anilines is 1. The van der Waals surface area contributed by atoms with E-state index in [1.165, 1.54) is 22.5 Å². The van der Waals surface area contributed by atoms with Crippen LogP contribution >= 0.6 is 0 Å². The molecule has 2 aromatic rings. The quantitative estimate of drug-likeness (QED) is 0.719. The molecular weight excluding hydrogens is 402 g/mol. The van der Waals surface area contributed by atoms with Crippen molar-refractivity contribution in [1.82, 2.24) is 18.8 Å². The number of amides is 1. The molecule has 8 nitrogen and oxygen atoms in total. The molecular formula is C21H29N5O3S. The summed E-state index contributed by atoms with van der Waals surface area (Å²) in [7, 11) is -3.59. The van der Waals surface area contributed by atoms with Crippen molar-refractivity contribution in [3.63, 3.8) is 0 Å². The van der Waals surface area contributed by atoms with Crippen LogP contribution in [0.15, 0.2) is 47.9 Å². The lowest BCUT2D eigenvalue weighted by Crippen LogP contribution is -2.49. The van der Waals surface area contributed by atoms with Gasteiger partial charge in [-0.05, 0) is 30.9 Å². The Bertz CT molecular complexity index is 960. The molecule has 1 amide bonds. The zero-order valence-electron chi connectivity index (χ0n) is 17.4. The molecule has 4 rings (SSSR count). The second-order valence-electron chi connectivity index (χ2n) is 8.17. The lowest BCUT2D eigenvalue weighted by atomic mass is 10.0. The molecule has 2 aliphatic heterocycles. The van der Waals surface area contributed by atoms with Gasteiger partial charge in [0.05, 0.1) is 6.33 Å². The zero-order chi connectivity index (χ0) is 21.1. The van der Waals surface area contributed by atoms with Crippen LogP contribution in [-0.2, 0) is 21.4 Å². The first-order chi connectivity index (χ1) is 14.4. The van der Waals surface area contributed by atoms with Gasteiger partial charge in [0.25, 0.3) is 10.0 Å². The normalized spacial score (nSPS) is 19.2. The minimum Gasteiger partial charge on any atom is -0.368 e. The van der Waals surface area contributed by atoms with Crippen LogP contribution in [0.3, 0.4) is 0 Å². The number of sulfonamides is 1. The number of imidazole rings is 1. The van der Waals surface area contributed by atoms with E-state index in [-0.39, 0.29) is 17.5 Å². The highest BCUT2D eigenvalue weighted by Gasteiger charge is 2.30. The molecule has 0 aliphatic carbocycles. The first-order valence-electron chi connectivity index (χ1n) is 10.5. The summed E-state index contributed by atoms with van der Waals surface area (Å²) >= 11 is 0. The fourth-order valence-electron chi connectivity index (χ4n) is 4.03. The van der Waals surface area contributed by atoms with Gasteiger partial charge < -0.3 is 14.4 Å². The fourth-order valence-corrected chi connectivity index (χ4v) is 5.43. The largest absolute Gasteiger partial charge is 0.368 e. The van der Waals surface area contributed by atoms with Gasteiger partial charge in [0.2, 0.25) is 5.91 Å². The Hall–Kier alpha value is -2.39. The number of nitrogens with zero attached hydrogens (tertiary/aromatic N) is 5. The number of rotatable bonds is 5. The monoisotopic (exact) mass is 431 g/mol. The van der Waals surface area contributed by atoms with Gasteiger partial charge in [-0.2, -0.15) is 4.31 Å². The molecule has 0 spiro atoms. The molecule has 0 bridgehead atoms. The highest BCUT2D eigenvalue weighted by atomic mass is 32.2. The zero-order valence-corrected chi connectivity index (χ0v) is 18.2. The van der Waals surface area contributed by atoms with E-state index in [4.69, 9.17) is 0 Å². The van der Waals surface area contributed by atoms with Crippen LogP contribution in [0.2, 0.25) is 0 Å². The van der Waals surface area contributed by atoms with E-state index >= 15 is 0 Å². The van der Waals surface area contributed by atoms with E-state index in [1.54, 1.807) is 4.57 Å². The molecule has 0 unspecified atom stereocenters. The van der Waals surface area contributed by atoms with Crippen molar-refractivity contribution >= 4 is 21.6 Å². The average Bonchev–Trinajstić information content (AvgIpc) is 3.24. The second kappa shape index (κ2) is 8.77. The van der Waals surface area contributed by atoms with Crippen molar-refractivity contribution in [1.29, 1.82) is 0 Å². The van der Waals surface area contributed by atoms with E-state index < -0.39 is 10.0 Å². The number of carbonyl (C=O) groups is 1. The van der Waals surface area contributed by atoms with E-state index in [1.807, 2.05) is 23.1 Å². The van der Waals surface area contributed by atoms with Crippen molar-refractivity contribution in [2.45, 2.75) is 31.3 Å². The Balaban J connectivity index is 1.33. The molecule has 0 saturated carbocycles. The first kappa shape index (κ1) is 20.9. The van der Waals surface area contributed by atoms with Gasteiger partial charge >= 0.3 is 0 Å². The van der Waals surface area contributed by atoms with Crippen LogP contribution in [-0.4, -0.2) is 72.3 Å². The predicted octanol–water partition coefficient (Wildman–Crippen LogP) is 1.65. The van der Waals surface area contributed by atoms with Crippen LogP contribution in [0.4, 0.5) is 5.69 Å². The predicted molar refractivity (Wildman–Crippen MR) is 115 cm³/mol. The first-order valence-corrected chi connectivity index (χ1v) is 12.0. The number of benzene rings is 1. The van der Waals surface area contributed by atoms with Crippen LogP contribution in [0.5, 0.6) is 0 Å². The minimum atomic E-state index is -3.59. The van der Waals surface area contributed by atoms with Gasteiger partial charge in [-0.15, -0.1) is 0 Å². The molecule has 1 aromatic heterocycles. The van der Waals surface area contributed by atoms with Gasteiger partial charge in [-0.1, -0.05) is 25.1 Å². The lowest BCUT2D eigenvalue weighted by molar-refractivity contribution is -0.132. The Labute approximate surface area is 178 Å². The minimum absolute atomic E-state index is 0.0177. The van der Waals surface area contributed by atoms with E-state index in [0.717, 1.165) is 25.9 Å². The van der Waals surface area contributed by atoms with Crippen LogP contribution in [0, 0.1) is 5.92 Å². The molecule has 2 saturated heterocycles. The number of hydrogen-bond acceptors (Lipinski definition) is 5. The van der Waals surface area contributed by atoms with Gasteiger partial charge in [0.1, 0.15) is 6.54 Å². The summed E-state index contributed by atoms with van der Waals surface area (Å²) < 4.78 is 28.7. The topological polar surface area (TPSA) is 78.8 Å². The molecule has 9 heteroatoms. The maximum Gasteiger partial charge on any atom is 0.262 e. The molecule has 3 heterocycles. The summed E-state index contributed by atoms with van der Waals surface area (Å²) in [4.78, 5) is 20.9. The van der Waals surface area contributed by atoms with Crippen molar-refractivity contribution in [2.75, 3.05) is 44.2 Å². The SMILES string of the molecule is CC1CCN(S(=O)(=O)c2cn(CC(=O)N3CCN(c4ccccc4)CC3)cn2)CC1. The average molecular weight is 432 g/mol. The number of para-hydroxylation sites is 1. The van der Waals surface area contributed by atoms with Crippen molar-refractivity contribution in [3.05, 3.63) is 42.9 Å². The molecule has 1 aromatic carbocycles. The maximum absolute atomic E-state index is 12.8. The number of piperazine rings is 1. The van der Waals surface area contributed by atoms with Gasteiger partial charge in [0, 0.05) is 51.2 Å². The van der Waals surface area contributed by atoms with Gasteiger partial charge in [-0.25, -0.2) is 13.4 Å². The lowest BCUT2D eigenvalue weighted by Gasteiger charge is -2.36. The summed E-state index contributed by atoms with van der Waals surface area (Å²) in [6.07, 6.45) is 4.66. The van der Waals surface area contributed by atoms with Crippen molar-refractivity contribution in [3.8, 4) is 0 Å². The Kier molecular flexibility index (Phi) is 6.10. The third kappa shape index (κ3) is 4.52. The molecule has 162 valence electrons. The summed E-state index contributed by atoms with van der Waals surface area (Å²) in [6, 6.07) is 10.2. The van der Waals surface area contributed by atoms with Crippen LogP contribution < -0.4 is 4.90 Å². The molecule has 0 atom stereocenters. The molecule has 2 fully saturated rings. The van der Waals surface area contributed by atoms with E-state index in [0.29, 0.717) is 32.1 Å². The Morgan fingerprint density at radius 2 is 1.70 bits per heavy atom. The van der Waals surface area contributed by atoms with Gasteiger partial charge in [-0.3, -0.25) is 4.79 Å². The molecule has 0 radical (unpaired) electrons. The maximum atomic E-state index is 12.8. The second-order valence-corrected chi connectivity index (χ2v) is 10.1. The fraction of sp³-hybridized carbons (Fsp3) is 0.524. The van der Waals surface area contributed by atoms with Crippen molar-refractivity contribution < 1.29 is 13.2 Å². The molecule has 30 heavy (non-hydrogen) atoms. The smallest absolute Gasteiger partial charge is 0.262 e. The highest BCUT2D eigenvalue weighted by molar-refractivity contribution is 7.89. The number of piperidine rings is 1. The number of hydrogen-bond donors (Lipinski definition) is 0. The standard InChI is InChI=1S/C21H29N5O3S/c1-18-7-9-26(10-8-18)30(28,29)20-15-23(17-22-20)16-21(27)25-13-11-24(12-14-25)19-5-3-2-4-6-19/h2-6,15,17-18H,7-14,16H2,1H3. The summed E-state index contributed by atoms with van der Waals surface area (Å²) in [5.41, 5.74) is 1.17. The number of carbonyl (C=O) groups excluding carboxylic acids is 1. The van der Waals surface area contributed by atoms with E-state index in [2.05, 4.69) is 28.9 Å². The summed E-state index contributed by atoms with van der Waals surface area (Å²) in [5, 5.41) is 0.0266. The van der Waals surface area contributed by atoms with E-state index in [9.17, 15) is 13.2 Å². The van der Waals surface area contributed by atoms with Crippen LogP contribution in [0.1, 0.15) is 19.8 Å². The Morgan fingerprint density at radius 3 is 2.37 bits per heavy atom. The third-order valence-electron chi connectivity index (χ3n) is 6.03. The molecule has 2 aliphatic rings. The third-order valence-corrected chi connectivity index (χ3v) is 7.81. The van der Waals surface area contributed by atoms with Gasteiger partial charge in [0.15, 0.2) is 5.03 Å². The van der Waals surface area contributed by atoms with Crippen molar-refractivity contribution in [2.24, 2.45) is 5.92 Å². The Morgan fingerprint density at radius 1 is 1.03 bits per heavy atom. The summed E-state index contributed by atoms with van der Waals surface area (Å²) in [5.74, 6) is 0.532. The highest BCUT2D eigenvalue weighted by Crippen LogP contribution is 2.22. The summed E-state index contributed by atoms with van der Waals surface area (Å²) in [6.45, 7) is 6.18. The number of aromatic nitrogens is 2. The molecule has 0 N–H and O–H groups in total. The van der Waals surface area contributed by atoms with Crippen LogP contribution in [0.25, 0.3) is 0 Å².